The number of hydrogen-bond donors (Lipinski definition) is 1. The summed E-state index contributed by atoms with van der Waals surface area (Å²) in [5.74, 6) is -0.440. The molecule has 3 aromatic rings. The lowest BCUT2D eigenvalue weighted by Gasteiger charge is -2.25. The van der Waals surface area contributed by atoms with Gasteiger partial charge in [0.25, 0.3) is 10.0 Å². The predicted octanol–water partition coefficient (Wildman–Crippen LogP) is 4.30. The van der Waals surface area contributed by atoms with E-state index in [1.54, 1.807) is 24.3 Å². The number of hydrogen-bond acceptors (Lipinski definition) is 4. The molecule has 1 atom stereocenters. The van der Waals surface area contributed by atoms with Crippen LogP contribution < -0.4 is 14.4 Å². The zero-order chi connectivity index (χ0) is 23.1. The minimum absolute atomic E-state index is 0.114. The van der Waals surface area contributed by atoms with E-state index in [1.807, 2.05) is 44.2 Å². The van der Waals surface area contributed by atoms with Crippen molar-refractivity contribution in [1.82, 2.24) is 5.32 Å². The van der Waals surface area contributed by atoms with Crippen LogP contribution in [0, 0.1) is 5.82 Å². The van der Waals surface area contributed by atoms with Crippen LogP contribution in [0.4, 0.5) is 10.1 Å². The van der Waals surface area contributed by atoms with Crippen molar-refractivity contribution in [3.8, 4) is 5.75 Å². The monoisotopic (exact) mass is 456 g/mol. The van der Waals surface area contributed by atoms with E-state index >= 15 is 0 Å². The molecule has 6 nitrogen and oxygen atoms in total. The summed E-state index contributed by atoms with van der Waals surface area (Å²) in [7, 11) is -4.13. The molecule has 0 spiro atoms. The molecule has 3 aromatic carbocycles. The lowest BCUT2D eigenvalue weighted by atomic mass is 10.1. The number of amides is 1. The summed E-state index contributed by atoms with van der Waals surface area (Å²) in [5, 5.41) is 2.83. The van der Waals surface area contributed by atoms with E-state index in [1.165, 1.54) is 12.1 Å². The van der Waals surface area contributed by atoms with E-state index in [2.05, 4.69) is 5.32 Å². The second-order valence-corrected chi connectivity index (χ2v) is 8.95. The Hall–Kier alpha value is -3.39. The Labute approximate surface area is 187 Å². The Bertz CT molecular complexity index is 1130. The molecule has 0 unspecified atom stereocenters. The zero-order valence-electron chi connectivity index (χ0n) is 17.9. The van der Waals surface area contributed by atoms with Crippen LogP contribution >= 0.6 is 0 Å². The average Bonchev–Trinajstić information content (AvgIpc) is 2.79. The molecular weight excluding hydrogens is 431 g/mol. The Kier molecular flexibility index (Phi) is 7.48. The van der Waals surface area contributed by atoms with Crippen molar-refractivity contribution in [1.29, 1.82) is 0 Å². The highest BCUT2D eigenvalue weighted by molar-refractivity contribution is 7.92. The topological polar surface area (TPSA) is 75.7 Å². The van der Waals surface area contributed by atoms with E-state index in [0.29, 0.717) is 18.0 Å². The maximum absolute atomic E-state index is 13.3. The number of halogens is 1. The molecule has 0 saturated carbocycles. The minimum Gasteiger partial charge on any atom is -0.494 e. The molecule has 0 aliphatic rings. The number of ether oxygens (including phenoxy) is 1. The largest absolute Gasteiger partial charge is 0.494 e. The van der Waals surface area contributed by atoms with Gasteiger partial charge in [-0.2, -0.15) is 0 Å². The summed E-state index contributed by atoms with van der Waals surface area (Å²) in [6.45, 7) is 3.70. The fourth-order valence-electron chi connectivity index (χ4n) is 3.17. The van der Waals surface area contributed by atoms with Gasteiger partial charge < -0.3 is 10.1 Å². The van der Waals surface area contributed by atoms with Gasteiger partial charge in [-0.15, -0.1) is 0 Å². The van der Waals surface area contributed by atoms with Gasteiger partial charge in [-0.3, -0.25) is 9.10 Å². The fourth-order valence-corrected chi connectivity index (χ4v) is 4.59. The summed E-state index contributed by atoms with van der Waals surface area (Å²) in [6.07, 6.45) is 0. The number of rotatable bonds is 9. The van der Waals surface area contributed by atoms with Gasteiger partial charge in [0, 0.05) is 0 Å². The first-order valence-corrected chi connectivity index (χ1v) is 11.6. The maximum atomic E-state index is 13.3. The molecule has 0 saturated heterocycles. The molecule has 8 heteroatoms. The van der Waals surface area contributed by atoms with Crippen molar-refractivity contribution in [2.24, 2.45) is 0 Å². The Balaban J connectivity index is 1.89. The molecule has 1 amide bonds. The lowest BCUT2D eigenvalue weighted by Crippen LogP contribution is -2.41. The van der Waals surface area contributed by atoms with Gasteiger partial charge in [0.05, 0.1) is 23.2 Å². The third-order valence-electron chi connectivity index (χ3n) is 4.80. The summed E-state index contributed by atoms with van der Waals surface area (Å²) < 4.78 is 46.4. The number of carbonyl (C=O) groups excluding carboxylic acids is 1. The van der Waals surface area contributed by atoms with Crippen LogP contribution in [-0.4, -0.2) is 27.5 Å². The molecule has 1 N–H and O–H groups in total. The van der Waals surface area contributed by atoms with Crippen LogP contribution in [0.5, 0.6) is 5.75 Å². The summed E-state index contributed by atoms with van der Waals surface area (Å²) in [4.78, 5) is 12.7. The normalized spacial score (nSPS) is 12.1. The first-order valence-electron chi connectivity index (χ1n) is 10.2. The quantitative estimate of drug-likeness (QED) is 0.521. The second-order valence-electron chi connectivity index (χ2n) is 7.09. The molecule has 0 aromatic heterocycles. The lowest BCUT2D eigenvalue weighted by molar-refractivity contribution is -0.120. The SMILES string of the molecule is CCOc1ccc(N(CC(=O)N[C@@H](C)c2ccccc2)S(=O)(=O)c2ccc(F)cc2)cc1. The number of nitrogens with one attached hydrogen (secondary N) is 1. The van der Waals surface area contributed by atoms with Crippen molar-refractivity contribution in [2.45, 2.75) is 24.8 Å². The standard InChI is InChI=1S/C24H25FN2O4S/c1-3-31-22-13-11-21(12-14-22)27(32(29,30)23-15-9-20(25)10-16-23)17-24(28)26-18(2)19-7-5-4-6-8-19/h4-16,18H,3,17H2,1-2H3,(H,26,28)/t18-/m0/s1. The molecule has 3 rings (SSSR count). The highest BCUT2D eigenvalue weighted by atomic mass is 32.2. The van der Waals surface area contributed by atoms with Gasteiger partial charge in [-0.05, 0) is 67.9 Å². The van der Waals surface area contributed by atoms with E-state index < -0.39 is 28.3 Å². The first kappa shape index (κ1) is 23.3. The van der Waals surface area contributed by atoms with Gasteiger partial charge >= 0.3 is 0 Å². The van der Waals surface area contributed by atoms with Crippen molar-refractivity contribution in [3.63, 3.8) is 0 Å². The summed E-state index contributed by atoms with van der Waals surface area (Å²) >= 11 is 0. The average molecular weight is 457 g/mol. The van der Waals surface area contributed by atoms with Gasteiger partial charge in [0.15, 0.2) is 0 Å². The first-order chi connectivity index (χ1) is 15.3. The van der Waals surface area contributed by atoms with Crippen LogP contribution in [0.2, 0.25) is 0 Å². The Morgan fingerprint density at radius 2 is 1.62 bits per heavy atom. The molecule has 0 radical (unpaired) electrons. The minimum atomic E-state index is -4.13. The molecule has 0 aliphatic carbocycles. The number of sulfonamides is 1. The summed E-state index contributed by atoms with van der Waals surface area (Å²) in [6, 6.07) is 20.0. The van der Waals surface area contributed by atoms with Crippen LogP contribution in [0.1, 0.15) is 25.5 Å². The number of carbonyl (C=O) groups is 1. The van der Waals surface area contributed by atoms with E-state index in [9.17, 15) is 17.6 Å². The van der Waals surface area contributed by atoms with Crippen molar-refractivity contribution in [3.05, 3.63) is 90.2 Å². The number of nitrogens with zero attached hydrogens (tertiary/aromatic N) is 1. The predicted molar refractivity (Wildman–Crippen MR) is 122 cm³/mol. The van der Waals surface area contributed by atoms with Crippen molar-refractivity contribution >= 4 is 21.6 Å². The van der Waals surface area contributed by atoms with Crippen LogP contribution in [0.25, 0.3) is 0 Å². The molecular formula is C24H25FN2O4S. The third kappa shape index (κ3) is 5.64. The second kappa shape index (κ2) is 10.3. The molecule has 168 valence electrons. The Morgan fingerprint density at radius 1 is 1.00 bits per heavy atom. The van der Waals surface area contributed by atoms with Gasteiger partial charge in [-0.25, -0.2) is 12.8 Å². The molecule has 32 heavy (non-hydrogen) atoms. The van der Waals surface area contributed by atoms with Crippen LogP contribution in [0.15, 0.2) is 83.8 Å². The molecule has 0 fully saturated rings. The highest BCUT2D eigenvalue weighted by Gasteiger charge is 2.28. The number of benzene rings is 3. The highest BCUT2D eigenvalue weighted by Crippen LogP contribution is 2.26. The van der Waals surface area contributed by atoms with Gasteiger partial charge in [-0.1, -0.05) is 30.3 Å². The van der Waals surface area contributed by atoms with Gasteiger partial charge in [0.2, 0.25) is 5.91 Å². The Morgan fingerprint density at radius 3 is 2.22 bits per heavy atom. The third-order valence-corrected chi connectivity index (χ3v) is 6.59. The molecule has 0 bridgehead atoms. The van der Waals surface area contributed by atoms with E-state index in [4.69, 9.17) is 4.74 Å². The number of anilines is 1. The maximum Gasteiger partial charge on any atom is 0.264 e. The van der Waals surface area contributed by atoms with E-state index in [0.717, 1.165) is 22.0 Å². The van der Waals surface area contributed by atoms with Crippen LogP contribution in [-0.2, 0) is 14.8 Å². The molecule has 0 heterocycles. The van der Waals surface area contributed by atoms with Crippen LogP contribution in [0.3, 0.4) is 0 Å². The zero-order valence-corrected chi connectivity index (χ0v) is 18.7. The van der Waals surface area contributed by atoms with Crippen molar-refractivity contribution < 1.29 is 22.3 Å². The summed E-state index contributed by atoms with van der Waals surface area (Å²) in [5.41, 5.74) is 1.19. The fraction of sp³-hybridized carbons (Fsp3) is 0.208. The van der Waals surface area contributed by atoms with Crippen molar-refractivity contribution in [2.75, 3.05) is 17.5 Å². The molecule has 0 aliphatic heterocycles. The van der Waals surface area contributed by atoms with Gasteiger partial charge in [0.1, 0.15) is 18.1 Å². The smallest absolute Gasteiger partial charge is 0.264 e. The van der Waals surface area contributed by atoms with E-state index in [-0.39, 0.29) is 10.9 Å².